The highest BCUT2D eigenvalue weighted by Gasteiger charge is 2.44. The van der Waals surface area contributed by atoms with E-state index in [1.807, 2.05) is 29.2 Å². The average Bonchev–Trinajstić information content (AvgIpc) is 3.44. The minimum absolute atomic E-state index is 0.00947. The van der Waals surface area contributed by atoms with Gasteiger partial charge in [-0.3, -0.25) is 9.13 Å². The van der Waals surface area contributed by atoms with Crippen molar-refractivity contribution in [2.45, 2.75) is 37.6 Å². The van der Waals surface area contributed by atoms with Crippen LogP contribution < -0.4 is 4.90 Å². The Balaban J connectivity index is 1.41. The molecule has 3 aromatic rings. The quantitative estimate of drug-likeness (QED) is 0.281. The fraction of sp³-hybridized carbons (Fsp3) is 0.421. The van der Waals surface area contributed by atoms with Gasteiger partial charge in [-0.15, -0.1) is 0 Å². The molecule has 176 valence electrons. The Morgan fingerprint density at radius 2 is 1.85 bits per heavy atom. The number of fused-ring (bicyclic) bond motifs is 2. The largest absolute Gasteiger partial charge is 0.387 e. The lowest BCUT2D eigenvalue weighted by atomic mass is 10.1. The number of aromatic nitrogens is 4. The summed E-state index contributed by atoms with van der Waals surface area (Å²) in [4.78, 5) is 32.9. The van der Waals surface area contributed by atoms with Gasteiger partial charge in [-0.1, -0.05) is 24.3 Å². The molecule has 0 spiro atoms. The van der Waals surface area contributed by atoms with Crippen molar-refractivity contribution in [3.63, 3.8) is 0 Å². The molecule has 1 aromatic carbocycles. The van der Waals surface area contributed by atoms with E-state index in [2.05, 4.69) is 15.0 Å². The van der Waals surface area contributed by atoms with Crippen LogP contribution in [0.2, 0.25) is 5.28 Å². The minimum atomic E-state index is -4.37. The number of halogens is 1. The summed E-state index contributed by atoms with van der Waals surface area (Å²) in [5, 5.41) is 20.9. The molecule has 0 aliphatic carbocycles. The summed E-state index contributed by atoms with van der Waals surface area (Å²) in [6.45, 7) is 0.941. The molecule has 0 radical (unpaired) electrons. The van der Waals surface area contributed by atoms with Crippen LogP contribution >= 0.6 is 19.2 Å². The Morgan fingerprint density at radius 1 is 1.15 bits per heavy atom. The second kappa shape index (κ2) is 8.57. The third-order valence-corrected chi connectivity index (χ3v) is 6.36. The van der Waals surface area contributed by atoms with Crippen LogP contribution in [0.3, 0.4) is 0 Å². The maximum Gasteiger partial charge on any atom is 0.350 e. The van der Waals surface area contributed by atoms with Gasteiger partial charge >= 0.3 is 7.60 Å². The molecule has 5 rings (SSSR count). The third-order valence-electron chi connectivity index (χ3n) is 5.67. The van der Waals surface area contributed by atoms with Gasteiger partial charge in [0.05, 0.1) is 12.9 Å². The van der Waals surface area contributed by atoms with E-state index in [0.717, 1.165) is 0 Å². The first kappa shape index (κ1) is 22.6. The zero-order valence-electron chi connectivity index (χ0n) is 17.1. The van der Waals surface area contributed by atoms with E-state index in [1.165, 1.54) is 22.0 Å². The number of benzene rings is 1. The van der Waals surface area contributed by atoms with Crippen LogP contribution in [0, 0.1) is 0 Å². The minimum Gasteiger partial charge on any atom is -0.387 e. The Bertz CT molecular complexity index is 1210. The lowest BCUT2D eigenvalue weighted by Gasteiger charge is -2.19. The predicted molar refractivity (Wildman–Crippen MR) is 115 cm³/mol. The van der Waals surface area contributed by atoms with Crippen LogP contribution in [0.15, 0.2) is 30.6 Å². The summed E-state index contributed by atoms with van der Waals surface area (Å²) in [5.74, 6) is 0.537. The van der Waals surface area contributed by atoms with Crippen molar-refractivity contribution in [2.75, 3.05) is 17.9 Å². The van der Waals surface area contributed by atoms with E-state index in [-0.39, 0.29) is 11.9 Å². The summed E-state index contributed by atoms with van der Waals surface area (Å²) in [6.07, 6.45) is -4.20. The van der Waals surface area contributed by atoms with Gasteiger partial charge in [-0.25, -0.2) is 4.98 Å². The first-order chi connectivity index (χ1) is 15.7. The first-order valence-electron chi connectivity index (χ1n) is 10.1. The Labute approximate surface area is 192 Å². The van der Waals surface area contributed by atoms with Crippen molar-refractivity contribution in [1.82, 2.24) is 19.5 Å². The molecule has 0 bridgehead atoms. The normalized spacial score (nSPS) is 25.2. The van der Waals surface area contributed by atoms with Crippen molar-refractivity contribution in [2.24, 2.45) is 0 Å². The van der Waals surface area contributed by atoms with Gasteiger partial charge in [0.2, 0.25) is 5.28 Å². The average molecular weight is 498 g/mol. The summed E-state index contributed by atoms with van der Waals surface area (Å²) in [5.41, 5.74) is 3.12. The van der Waals surface area contributed by atoms with E-state index in [0.29, 0.717) is 30.1 Å². The number of ether oxygens (including phenoxy) is 2. The third kappa shape index (κ3) is 4.36. The summed E-state index contributed by atoms with van der Waals surface area (Å²) >= 11 is 6.22. The Kier molecular flexibility index (Phi) is 5.88. The Hall–Kier alpha value is -2.15. The molecule has 12 nitrogen and oxygen atoms in total. The molecular formula is C19H21ClN5O7P. The van der Waals surface area contributed by atoms with Gasteiger partial charge in [0.25, 0.3) is 0 Å². The number of aliphatic hydroxyl groups excluding tert-OH is 2. The molecule has 4 heterocycles. The van der Waals surface area contributed by atoms with Gasteiger partial charge in [0, 0.05) is 13.1 Å². The van der Waals surface area contributed by atoms with E-state index >= 15 is 0 Å². The fourth-order valence-electron chi connectivity index (χ4n) is 4.15. The number of imidazole rings is 1. The number of anilines is 1. The highest BCUT2D eigenvalue weighted by Crippen LogP contribution is 2.37. The molecule has 1 unspecified atom stereocenters. The van der Waals surface area contributed by atoms with Crippen molar-refractivity contribution >= 4 is 36.2 Å². The number of aliphatic hydroxyl groups is 2. The van der Waals surface area contributed by atoms with Crippen LogP contribution in [0.25, 0.3) is 11.2 Å². The molecule has 1 saturated heterocycles. The van der Waals surface area contributed by atoms with Gasteiger partial charge in [0.15, 0.2) is 23.2 Å². The summed E-state index contributed by atoms with van der Waals surface area (Å²) < 4.78 is 23.1. The molecule has 14 heteroatoms. The molecule has 4 N–H and O–H groups in total. The zero-order valence-corrected chi connectivity index (χ0v) is 18.7. The van der Waals surface area contributed by atoms with Crippen molar-refractivity contribution < 1.29 is 34.0 Å². The lowest BCUT2D eigenvalue weighted by Crippen LogP contribution is -2.33. The fourth-order valence-corrected chi connectivity index (χ4v) is 4.65. The molecule has 2 aromatic heterocycles. The molecule has 2 aliphatic rings. The standard InChI is InChI=1S/C19H21ClN5O7P/c20-19-22-16(24-5-10-3-1-2-4-11(10)6-24)13-17(23-19)25(8-21-13)18-15(27)14(26)12(32-18)7-31-9-33(28,29)30/h1-4,8,12,14-15,18,26-27H,5-7,9H2,(H2,28,29,30)/t12?,14-,15-,18-/m1/s1. The summed E-state index contributed by atoms with van der Waals surface area (Å²) in [6, 6.07) is 8.05. The van der Waals surface area contributed by atoms with Gasteiger partial charge < -0.3 is 34.4 Å². The maximum absolute atomic E-state index is 11.0. The van der Waals surface area contributed by atoms with Crippen molar-refractivity contribution in [1.29, 1.82) is 0 Å². The van der Waals surface area contributed by atoms with Gasteiger partial charge in [0.1, 0.15) is 24.7 Å². The SMILES string of the molecule is O=P(O)(O)COCC1O[C@@H](n2cnc3c(N4Cc5ccccc5C4)nc(Cl)nc32)[C@H](O)[C@@H]1O. The maximum atomic E-state index is 11.0. The van der Waals surface area contributed by atoms with Crippen LogP contribution in [0.1, 0.15) is 17.4 Å². The first-order valence-corrected chi connectivity index (χ1v) is 12.2. The highest BCUT2D eigenvalue weighted by atomic mass is 35.5. The second-order valence-electron chi connectivity index (χ2n) is 7.98. The predicted octanol–water partition coefficient (Wildman–Crippen LogP) is 0.771. The van der Waals surface area contributed by atoms with Crippen LogP contribution in [-0.4, -0.2) is 70.8 Å². The van der Waals surface area contributed by atoms with Crippen molar-refractivity contribution in [3.05, 3.63) is 47.0 Å². The molecule has 2 aliphatic heterocycles. The monoisotopic (exact) mass is 497 g/mol. The number of nitrogens with zero attached hydrogens (tertiary/aromatic N) is 5. The van der Waals surface area contributed by atoms with E-state index in [4.69, 9.17) is 30.9 Å². The van der Waals surface area contributed by atoms with Crippen molar-refractivity contribution in [3.8, 4) is 0 Å². The van der Waals surface area contributed by atoms with Crippen LogP contribution in [0.5, 0.6) is 0 Å². The van der Waals surface area contributed by atoms with Gasteiger partial charge in [-0.2, -0.15) is 9.97 Å². The van der Waals surface area contributed by atoms with Crippen LogP contribution in [-0.2, 0) is 27.1 Å². The number of rotatable bonds is 6. The van der Waals surface area contributed by atoms with Gasteiger partial charge in [-0.05, 0) is 22.7 Å². The number of hydrogen-bond acceptors (Lipinski definition) is 9. The van der Waals surface area contributed by atoms with E-state index < -0.39 is 38.5 Å². The highest BCUT2D eigenvalue weighted by molar-refractivity contribution is 7.51. The molecule has 33 heavy (non-hydrogen) atoms. The zero-order chi connectivity index (χ0) is 23.3. The molecule has 0 saturated carbocycles. The molecule has 0 amide bonds. The van der Waals surface area contributed by atoms with E-state index in [1.54, 1.807) is 0 Å². The molecule has 4 atom stereocenters. The van der Waals surface area contributed by atoms with Crippen LogP contribution in [0.4, 0.5) is 5.82 Å². The molecule has 1 fully saturated rings. The molecular weight excluding hydrogens is 477 g/mol. The second-order valence-corrected chi connectivity index (χ2v) is 9.90. The summed E-state index contributed by atoms with van der Waals surface area (Å²) in [7, 11) is -4.37. The Morgan fingerprint density at radius 3 is 2.52 bits per heavy atom. The van der Waals surface area contributed by atoms with E-state index in [9.17, 15) is 14.8 Å². The number of hydrogen-bond donors (Lipinski definition) is 4. The smallest absolute Gasteiger partial charge is 0.350 e. The lowest BCUT2D eigenvalue weighted by molar-refractivity contribution is -0.0612. The topological polar surface area (TPSA) is 163 Å².